The number of amides is 3. The van der Waals surface area contributed by atoms with Gasteiger partial charge in [-0.2, -0.15) is 0 Å². The Morgan fingerprint density at radius 2 is 2.00 bits per heavy atom. The van der Waals surface area contributed by atoms with Gasteiger partial charge >= 0.3 is 6.03 Å². The fourth-order valence-corrected chi connectivity index (χ4v) is 2.16. The standard InChI is InChI=1S/C13H18N4O2/c1-16-6-7-17(13(16)19)9-11-5-3-2-4-10(11)8-12(18)15-14/h2-5H,6-9,14H2,1H3,(H,15,18). The normalized spacial score (nSPS) is 14.9. The molecule has 0 aromatic heterocycles. The molecule has 102 valence electrons. The van der Waals surface area contributed by atoms with E-state index in [0.29, 0.717) is 13.1 Å². The minimum Gasteiger partial charge on any atom is -0.326 e. The van der Waals surface area contributed by atoms with E-state index in [1.54, 1.807) is 16.8 Å². The molecule has 0 aliphatic carbocycles. The van der Waals surface area contributed by atoms with Crippen LogP contribution in [-0.4, -0.2) is 41.9 Å². The van der Waals surface area contributed by atoms with Gasteiger partial charge < -0.3 is 9.80 Å². The second kappa shape index (κ2) is 5.71. The van der Waals surface area contributed by atoms with Crippen LogP contribution in [0.25, 0.3) is 0 Å². The van der Waals surface area contributed by atoms with Crippen LogP contribution >= 0.6 is 0 Å². The molecule has 1 heterocycles. The van der Waals surface area contributed by atoms with Crippen LogP contribution in [0.3, 0.4) is 0 Å². The van der Waals surface area contributed by atoms with Gasteiger partial charge in [-0.25, -0.2) is 10.6 Å². The monoisotopic (exact) mass is 262 g/mol. The van der Waals surface area contributed by atoms with E-state index in [1.165, 1.54) is 0 Å². The molecule has 0 atom stereocenters. The number of nitrogens with zero attached hydrogens (tertiary/aromatic N) is 2. The van der Waals surface area contributed by atoms with Crippen LogP contribution in [0.5, 0.6) is 0 Å². The van der Waals surface area contributed by atoms with Gasteiger partial charge in [0.15, 0.2) is 0 Å². The minimum atomic E-state index is -0.239. The molecule has 1 fully saturated rings. The van der Waals surface area contributed by atoms with Gasteiger partial charge in [0.2, 0.25) is 5.91 Å². The highest BCUT2D eigenvalue weighted by molar-refractivity contribution is 5.78. The van der Waals surface area contributed by atoms with E-state index in [-0.39, 0.29) is 18.4 Å². The Bertz CT molecular complexity index is 489. The van der Waals surface area contributed by atoms with Crippen molar-refractivity contribution in [3.05, 3.63) is 35.4 Å². The molecule has 3 N–H and O–H groups in total. The lowest BCUT2D eigenvalue weighted by molar-refractivity contribution is -0.120. The largest absolute Gasteiger partial charge is 0.326 e. The predicted molar refractivity (Wildman–Crippen MR) is 70.9 cm³/mol. The Morgan fingerprint density at radius 1 is 1.32 bits per heavy atom. The van der Waals surface area contributed by atoms with Crippen molar-refractivity contribution in [1.82, 2.24) is 15.2 Å². The zero-order valence-corrected chi connectivity index (χ0v) is 10.9. The lowest BCUT2D eigenvalue weighted by atomic mass is 10.0. The molecule has 3 amide bonds. The lowest BCUT2D eigenvalue weighted by Gasteiger charge is -2.18. The number of nitrogens with two attached hydrogens (primary N) is 1. The second-order valence-corrected chi connectivity index (χ2v) is 4.64. The summed E-state index contributed by atoms with van der Waals surface area (Å²) in [6, 6.07) is 7.63. The average Bonchev–Trinajstić information content (AvgIpc) is 2.73. The first-order valence-corrected chi connectivity index (χ1v) is 6.18. The summed E-state index contributed by atoms with van der Waals surface area (Å²) in [6.07, 6.45) is 0.227. The topological polar surface area (TPSA) is 78.7 Å². The highest BCUT2D eigenvalue weighted by atomic mass is 16.2. The maximum Gasteiger partial charge on any atom is 0.320 e. The van der Waals surface area contributed by atoms with Crippen LogP contribution in [0.2, 0.25) is 0 Å². The van der Waals surface area contributed by atoms with Gasteiger partial charge in [-0.05, 0) is 11.1 Å². The van der Waals surface area contributed by atoms with Gasteiger partial charge in [-0.15, -0.1) is 0 Å². The zero-order chi connectivity index (χ0) is 13.8. The fourth-order valence-electron chi connectivity index (χ4n) is 2.16. The van der Waals surface area contributed by atoms with Crippen LogP contribution in [0.15, 0.2) is 24.3 Å². The van der Waals surface area contributed by atoms with Crippen LogP contribution in [0.4, 0.5) is 4.79 Å². The molecule has 2 rings (SSSR count). The van der Waals surface area contributed by atoms with Crippen molar-refractivity contribution in [2.75, 3.05) is 20.1 Å². The van der Waals surface area contributed by atoms with E-state index in [9.17, 15) is 9.59 Å². The number of nitrogens with one attached hydrogen (secondary N) is 1. The second-order valence-electron chi connectivity index (χ2n) is 4.64. The SMILES string of the molecule is CN1CCN(Cc2ccccc2CC(=O)NN)C1=O. The van der Waals surface area contributed by atoms with E-state index in [4.69, 9.17) is 5.84 Å². The Labute approximate surface area is 112 Å². The number of hydrazine groups is 1. The summed E-state index contributed by atoms with van der Waals surface area (Å²) in [7, 11) is 1.79. The molecule has 6 heteroatoms. The van der Waals surface area contributed by atoms with E-state index in [0.717, 1.165) is 17.7 Å². The molecular formula is C13H18N4O2. The zero-order valence-electron chi connectivity index (χ0n) is 10.9. The van der Waals surface area contributed by atoms with Gasteiger partial charge in [-0.1, -0.05) is 24.3 Å². The van der Waals surface area contributed by atoms with Crippen molar-refractivity contribution in [1.29, 1.82) is 0 Å². The van der Waals surface area contributed by atoms with E-state index < -0.39 is 0 Å². The summed E-state index contributed by atoms with van der Waals surface area (Å²) in [5.41, 5.74) is 4.00. The maximum absolute atomic E-state index is 11.9. The summed E-state index contributed by atoms with van der Waals surface area (Å²) in [5, 5.41) is 0. The third-order valence-electron chi connectivity index (χ3n) is 3.29. The number of hydrogen-bond acceptors (Lipinski definition) is 3. The van der Waals surface area contributed by atoms with E-state index in [2.05, 4.69) is 5.43 Å². The quantitative estimate of drug-likeness (QED) is 0.458. The van der Waals surface area contributed by atoms with Crippen LogP contribution < -0.4 is 11.3 Å². The fraction of sp³-hybridized carbons (Fsp3) is 0.385. The molecular weight excluding hydrogens is 244 g/mol. The molecule has 1 aromatic rings. The first-order chi connectivity index (χ1) is 9.11. The molecule has 6 nitrogen and oxygen atoms in total. The van der Waals surface area contributed by atoms with E-state index in [1.807, 2.05) is 24.3 Å². The Hall–Kier alpha value is -2.08. The van der Waals surface area contributed by atoms with Crippen molar-refractivity contribution in [3.63, 3.8) is 0 Å². The molecule has 0 radical (unpaired) electrons. The summed E-state index contributed by atoms with van der Waals surface area (Å²) >= 11 is 0. The molecule has 1 aromatic carbocycles. The third-order valence-corrected chi connectivity index (χ3v) is 3.29. The van der Waals surface area contributed by atoms with Gasteiger partial charge in [-0.3, -0.25) is 10.2 Å². The molecule has 0 unspecified atom stereocenters. The summed E-state index contributed by atoms with van der Waals surface area (Å²) < 4.78 is 0. The van der Waals surface area contributed by atoms with Gasteiger partial charge in [0.05, 0.1) is 6.42 Å². The average molecular weight is 262 g/mol. The van der Waals surface area contributed by atoms with Crippen molar-refractivity contribution >= 4 is 11.9 Å². The lowest BCUT2D eigenvalue weighted by Crippen LogP contribution is -2.32. The smallest absolute Gasteiger partial charge is 0.320 e. The van der Waals surface area contributed by atoms with Gasteiger partial charge in [0.25, 0.3) is 0 Å². The Balaban J connectivity index is 2.12. The highest BCUT2D eigenvalue weighted by Gasteiger charge is 2.25. The van der Waals surface area contributed by atoms with Crippen molar-refractivity contribution in [2.45, 2.75) is 13.0 Å². The molecule has 1 saturated heterocycles. The summed E-state index contributed by atoms with van der Waals surface area (Å²) in [6.45, 7) is 1.98. The minimum absolute atomic E-state index is 0.0260. The number of rotatable bonds is 4. The van der Waals surface area contributed by atoms with Gasteiger partial charge in [0, 0.05) is 26.7 Å². The summed E-state index contributed by atoms with van der Waals surface area (Å²) in [4.78, 5) is 26.7. The van der Waals surface area contributed by atoms with E-state index >= 15 is 0 Å². The maximum atomic E-state index is 11.9. The molecule has 1 aliphatic rings. The molecule has 0 saturated carbocycles. The number of urea groups is 1. The van der Waals surface area contributed by atoms with Gasteiger partial charge in [0.1, 0.15) is 0 Å². The molecule has 1 aliphatic heterocycles. The van der Waals surface area contributed by atoms with Crippen molar-refractivity contribution in [3.8, 4) is 0 Å². The Kier molecular flexibility index (Phi) is 4.01. The molecule has 0 spiro atoms. The number of carbonyl (C=O) groups excluding carboxylic acids is 2. The van der Waals surface area contributed by atoms with Crippen molar-refractivity contribution in [2.24, 2.45) is 5.84 Å². The van der Waals surface area contributed by atoms with Crippen molar-refractivity contribution < 1.29 is 9.59 Å². The highest BCUT2D eigenvalue weighted by Crippen LogP contribution is 2.16. The summed E-state index contributed by atoms with van der Waals surface area (Å²) in [5.74, 6) is 4.86. The predicted octanol–water partition coefficient (Wildman–Crippen LogP) is 0.0864. The Morgan fingerprint density at radius 3 is 2.58 bits per heavy atom. The third kappa shape index (κ3) is 3.03. The molecule has 19 heavy (non-hydrogen) atoms. The molecule has 0 bridgehead atoms. The number of carbonyl (C=O) groups is 2. The first kappa shape index (κ1) is 13.4. The number of likely N-dealkylation sites (N-methyl/N-ethyl adjacent to an activating group) is 1. The number of hydrogen-bond donors (Lipinski definition) is 2. The first-order valence-electron chi connectivity index (χ1n) is 6.18. The number of benzene rings is 1. The van der Waals surface area contributed by atoms with Crippen LogP contribution in [0, 0.1) is 0 Å². The van der Waals surface area contributed by atoms with Crippen LogP contribution in [-0.2, 0) is 17.8 Å². The van der Waals surface area contributed by atoms with Crippen LogP contribution in [0.1, 0.15) is 11.1 Å².